The predicted octanol–water partition coefficient (Wildman–Crippen LogP) is -0.503. The van der Waals surface area contributed by atoms with Gasteiger partial charge in [-0.05, 0) is 12.0 Å². The van der Waals surface area contributed by atoms with Gasteiger partial charge in [0.1, 0.15) is 11.6 Å². The highest BCUT2D eigenvalue weighted by atomic mass is 16.2. The highest BCUT2D eigenvalue weighted by molar-refractivity contribution is 6.07. The Morgan fingerprint density at radius 3 is 2.62 bits per heavy atom. The Labute approximate surface area is 121 Å². The van der Waals surface area contributed by atoms with Crippen molar-refractivity contribution in [1.29, 1.82) is 0 Å². The Morgan fingerprint density at radius 2 is 2.00 bits per heavy atom. The van der Waals surface area contributed by atoms with Gasteiger partial charge in [0, 0.05) is 6.54 Å². The number of nitrogens with two attached hydrogens (primary N) is 1. The minimum Gasteiger partial charge on any atom is -0.338 e. The number of imide groups is 1. The number of urea groups is 1. The summed E-state index contributed by atoms with van der Waals surface area (Å²) >= 11 is 0. The number of benzene rings is 1. The van der Waals surface area contributed by atoms with Crippen LogP contribution in [0.2, 0.25) is 0 Å². The maximum atomic E-state index is 12.4. The van der Waals surface area contributed by atoms with Crippen molar-refractivity contribution in [1.82, 2.24) is 15.5 Å². The summed E-state index contributed by atoms with van der Waals surface area (Å²) in [7, 11) is 0. The lowest BCUT2D eigenvalue weighted by molar-refractivity contribution is -0.132. The van der Waals surface area contributed by atoms with Crippen molar-refractivity contribution in [2.75, 3.05) is 13.1 Å². The van der Waals surface area contributed by atoms with Gasteiger partial charge < -0.3 is 16.0 Å². The van der Waals surface area contributed by atoms with Crippen LogP contribution in [0.1, 0.15) is 18.0 Å². The lowest BCUT2D eigenvalue weighted by atomic mass is 9.99. The summed E-state index contributed by atoms with van der Waals surface area (Å²) in [5, 5.41) is 4.82. The summed E-state index contributed by atoms with van der Waals surface area (Å²) in [6, 6.07) is 7.79. The number of likely N-dealkylation sites (tertiary alicyclic amines) is 1. The summed E-state index contributed by atoms with van der Waals surface area (Å²) in [6.07, 6.45) is 0.401. The topological polar surface area (TPSA) is 105 Å². The van der Waals surface area contributed by atoms with Gasteiger partial charge in [0.2, 0.25) is 5.91 Å². The van der Waals surface area contributed by atoms with Crippen LogP contribution in [0.4, 0.5) is 4.79 Å². The van der Waals surface area contributed by atoms with Crippen molar-refractivity contribution in [2.45, 2.75) is 18.0 Å². The van der Waals surface area contributed by atoms with Crippen molar-refractivity contribution >= 4 is 17.8 Å². The second-order valence-corrected chi connectivity index (χ2v) is 5.39. The van der Waals surface area contributed by atoms with E-state index in [0.29, 0.717) is 13.0 Å². The molecule has 2 fully saturated rings. The highest BCUT2D eigenvalue weighted by Gasteiger charge is 2.52. The van der Waals surface area contributed by atoms with Gasteiger partial charge in [-0.25, -0.2) is 4.79 Å². The van der Waals surface area contributed by atoms with Crippen LogP contribution in [0.15, 0.2) is 30.3 Å². The van der Waals surface area contributed by atoms with Crippen LogP contribution in [0.5, 0.6) is 0 Å². The van der Waals surface area contributed by atoms with E-state index in [2.05, 4.69) is 10.6 Å². The number of hydrogen-bond donors (Lipinski definition) is 3. The molecule has 7 heteroatoms. The van der Waals surface area contributed by atoms with E-state index < -0.39 is 17.6 Å². The molecule has 4 amide bonds. The normalized spacial score (nSPS) is 25.9. The quantitative estimate of drug-likeness (QED) is 0.638. The molecule has 21 heavy (non-hydrogen) atoms. The zero-order chi connectivity index (χ0) is 15.0. The van der Waals surface area contributed by atoms with E-state index in [1.54, 1.807) is 12.1 Å². The van der Waals surface area contributed by atoms with Crippen molar-refractivity contribution < 1.29 is 14.4 Å². The average Bonchev–Trinajstić information content (AvgIpc) is 3.03. The Morgan fingerprint density at radius 1 is 1.29 bits per heavy atom. The predicted molar refractivity (Wildman–Crippen MR) is 74.0 cm³/mol. The van der Waals surface area contributed by atoms with Crippen LogP contribution in [0, 0.1) is 0 Å². The molecule has 2 heterocycles. The Hall–Kier alpha value is -2.41. The lowest BCUT2D eigenvalue weighted by Crippen LogP contribution is -2.50. The van der Waals surface area contributed by atoms with E-state index in [0.717, 1.165) is 5.56 Å². The molecule has 4 N–H and O–H groups in total. The summed E-state index contributed by atoms with van der Waals surface area (Å²) < 4.78 is 0. The molecule has 7 nitrogen and oxygen atoms in total. The monoisotopic (exact) mass is 288 g/mol. The largest absolute Gasteiger partial charge is 0.338 e. The smallest absolute Gasteiger partial charge is 0.322 e. The molecule has 2 aliphatic rings. The molecule has 0 aromatic heterocycles. The molecule has 2 saturated heterocycles. The molecule has 1 aromatic carbocycles. The number of carbonyl (C=O) groups excluding carboxylic acids is 3. The van der Waals surface area contributed by atoms with E-state index in [-0.39, 0.29) is 18.4 Å². The van der Waals surface area contributed by atoms with Gasteiger partial charge in [0.15, 0.2) is 0 Å². The van der Waals surface area contributed by atoms with Gasteiger partial charge in [-0.1, -0.05) is 30.3 Å². The molecule has 1 spiro atoms. The minimum absolute atomic E-state index is 0.157. The van der Waals surface area contributed by atoms with Crippen LogP contribution in [-0.2, 0) is 9.59 Å². The molecule has 0 aliphatic carbocycles. The second kappa shape index (κ2) is 4.85. The summed E-state index contributed by atoms with van der Waals surface area (Å²) in [5.41, 5.74) is 5.72. The first-order valence-electron chi connectivity index (χ1n) is 6.75. The van der Waals surface area contributed by atoms with Gasteiger partial charge >= 0.3 is 6.03 Å². The SMILES string of the molecule is N[C@@H](C(=O)N1CCC2(C1)NC(=O)NC2=O)c1ccccc1. The molecule has 0 bridgehead atoms. The van der Waals surface area contributed by atoms with E-state index in [9.17, 15) is 14.4 Å². The summed E-state index contributed by atoms with van der Waals surface area (Å²) in [5.74, 6) is -0.622. The summed E-state index contributed by atoms with van der Waals surface area (Å²) in [4.78, 5) is 37.1. The van der Waals surface area contributed by atoms with Gasteiger partial charge in [0.05, 0.1) is 6.54 Å². The van der Waals surface area contributed by atoms with Crippen molar-refractivity contribution in [3.05, 3.63) is 35.9 Å². The van der Waals surface area contributed by atoms with Crippen LogP contribution < -0.4 is 16.4 Å². The number of carbonyl (C=O) groups is 3. The minimum atomic E-state index is -0.997. The molecule has 1 aromatic rings. The third-order valence-corrected chi connectivity index (χ3v) is 4.02. The number of nitrogens with one attached hydrogen (secondary N) is 2. The Kier molecular flexibility index (Phi) is 3.13. The first-order chi connectivity index (χ1) is 10.0. The summed E-state index contributed by atoms with van der Waals surface area (Å²) in [6.45, 7) is 0.553. The van der Waals surface area contributed by atoms with Gasteiger partial charge in [0.25, 0.3) is 5.91 Å². The fourth-order valence-electron chi connectivity index (χ4n) is 2.81. The molecule has 2 aliphatic heterocycles. The molecule has 0 radical (unpaired) electrons. The maximum Gasteiger partial charge on any atom is 0.322 e. The number of amides is 4. The highest BCUT2D eigenvalue weighted by Crippen LogP contribution is 2.26. The van der Waals surface area contributed by atoms with Crippen molar-refractivity contribution in [3.8, 4) is 0 Å². The van der Waals surface area contributed by atoms with Gasteiger partial charge in [-0.15, -0.1) is 0 Å². The van der Waals surface area contributed by atoms with E-state index in [4.69, 9.17) is 5.73 Å². The van der Waals surface area contributed by atoms with Gasteiger partial charge in [-0.2, -0.15) is 0 Å². The first-order valence-corrected chi connectivity index (χ1v) is 6.75. The molecule has 110 valence electrons. The van der Waals surface area contributed by atoms with E-state index in [1.807, 2.05) is 18.2 Å². The average molecular weight is 288 g/mol. The molecule has 3 rings (SSSR count). The molecular formula is C14H16N4O3. The zero-order valence-corrected chi connectivity index (χ0v) is 11.3. The molecular weight excluding hydrogens is 272 g/mol. The first kappa shape index (κ1) is 13.6. The van der Waals surface area contributed by atoms with Gasteiger partial charge in [-0.3, -0.25) is 14.9 Å². The van der Waals surface area contributed by atoms with Crippen molar-refractivity contribution in [3.63, 3.8) is 0 Å². The third-order valence-electron chi connectivity index (χ3n) is 4.02. The van der Waals surface area contributed by atoms with E-state index in [1.165, 1.54) is 4.90 Å². The molecule has 1 unspecified atom stereocenters. The fraction of sp³-hybridized carbons (Fsp3) is 0.357. The molecule has 0 saturated carbocycles. The number of hydrogen-bond acceptors (Lipinski definition) is 4. The zero-order valence-electron chi connectivity index (χ0n) is 11.3. The molecule has 2 atom stereocenters. The van der Waals surface area contributed by atoms with E-state index >= 15 is 0 Å². The Balaban J connectivity index is 1.73. The van der Waals surface area contributed by atoms with Crippen LogP contribution in [-0.4, -0.2) is 41.4 Å². The van der Waals surface area contributed by atoms with Crippen LogP contribution >= 0.6 is 0 Å². The standard InChI is InChI=1S/C14H16N4O3/c15-10(9-4-2-1-3-5-9)11(19)18-7-6-14(8-18)12(20)16-13(21)17-14/h1-5,10H,6-8,15H2,(H2,16,17,20,21)/t10-,14?/m1/s1. The fourth-order valence-corrected chi connectivity index (χ4v) is 2.81. The Bertz CT molecular complexity index is 603. The maximum absolute atomic E-state index is 12.4. The van der Waals surface area contributed by atoms with Crippen LogP contribution in [0.3, 0.4) is 0 Å². The van der Waals surface area contributed by atoms with Crippen LogP contribution in [0.25, 0.3) is 0 Å². The third kappa shape index (κ3) is 2.25. The van der Waals surface area contributed by atoms with Crippen molar-refractivity contribution in [2.24, 2.45) is 5.73 Å². The second-order valence-electron chi connectivity index (χ2n) is 5.39. The number of nitrogens with zero attached hydrogens (tertiary/aromatic N) is 1. The number of rotatable bonds is 2. The lowest BCUT2D eigenvalue weighted by Gasteiger charge is -2.23.